The van der Waals surface area contributed by atoms with Gasteiger partial charge in [0.15, 0.2) is 5.43 Å². The van der Waals surface area contributed by atoms with Gasteiger partial charge in [0.2, 0.25) is 0 Å². The van der Waals surface area contributed by atoms with Crippen molar-refractivity contribution in [2.24, 2.45) is 5.73 Å². The van der Waals surface area contributed by atoms with E-state index >= 15 is 0 Å². The Hall–Kier alpha value is -1.16. The van der Waals surface area contributed by atoms with E-state index in [2.05, 4.69) is 0 Å². The number of hydrogen-bond donors (Lipinski definition) is 1. The molecule has 1 aromatic rings. The molecule has 12 heavy (non-hydrogen) atoms. The van der Waals surface area contributed by atoms with Crippen LogP contribution in [0, 0.1) is 0 Å². The Kier molecular flexibility index (Phi) is 2.99. The number of thiocarbonyl (C=S) groups is 1. The lowest BCUT2D eigenvalue weighted by Crippen LogP contribution is -2.12. The van der Waals surface area contributed by atoms with Gasteiger partial charge in [0.05, 0.1) is 4.99 Å². The van der Waals surface area contributed by atoms with Crippen LogP contribution < -0.4 is 11.2 Å². The average Bonchev–Trinajstić information content (AvgIpc) is 2.03. The monoisotopic (exact) mass is 182 g/mol. The van der Waals surface area contributed by atoms with Gasteiger partial charge in [-0.25, -0.2) is 0 Å². The first-order valence-electron chi connectivity index (χ1n) is 3.63. The lowest BCUT2D eigenvalue weighted by Gasteiger charge is -2.03. The second kappa shape index (κ2) is 4.01. The number of aryl methyl sites for hydroxylation is 1. The summed E-state index contributed by atoms with van der Waals surface area (Å²) in [5, 5.41) is 0. The number of pyridine rings is 1. The molecule has 0 unspecified atom stereocenters. The first kappa shape index (κ1) is 8.93. The van der Waals surface area contributed by atoms with Crippen LogP contribution >= 0.6 is 12.2 Å². The lowest BCUT2D eigenvalue weighted by molar-refractivity contribution is 0.719. The average molecular weight is 182 g/mol. The van der Waals surface area contributed by atoms with Gasteiger partial charge in [-0.2, -0.15) is 0 Å². The maximum absolute atomic E-state index is 10.7. The van der Waals surface area contributed by atoms with E-state index in [0.29, 0.717) is 11.4 Å². The van der Waals surface area contributed by atoms with Crippen molar-refractivity contribution < 1.29 is 0 Å². The van der Waals surface area contributed by atoms with Crippen molar-refractivity contribution in [2.45, 2.75) is 13.0 Å². The molecule has 0 aliphatic heterocycles. The van der Waals surface area contributed by atoms with E-state index < -0.39 is 0 Å². The van der Waals surface area contributed by atoms with Crippen molar-refractivity contribution in [1.29, 1.82) is 0 Å². The topological polar surface area (TPSA) is 48.0 Å². The highest BCUT2D eigenvalue weighted by molar-refractivity contribution is 7.80. The first-order valence-corrected chi connectivity index (χ1v) is 4.04. The summed E-state index contributed by atoms with van der Waals surface area (Å²) in [5.41, 5.74) is 5.34. The van der Waals surface area contributed by atoms with Gasteiger partial charge in [0.25, 0.3) is 0 Å². The Morgan fingerprint density at radius 2 is 2.08 bits per heavy atom. The van der Waals surface area contributed by atoms with Gasteiger partial charge in [-0.05, 0) is 0 Å². The molecule has 0 aliphatic carbocycles. The molecule has 0 fully saturated rings. The molecule has 2 N–H and O–H groups in total. The van der Waals surface area contributed by atoms with Gasteiger partial charge in [-0.1, -0.05) is 12.2 Å². The minimum Gasteiger partial charge on any atom is -0.393 e. The molecule has 1 rings (SSSR count). The molecule has 0 atom stereocenters. The summed E-state index contributed by atoms with van der Waals surface area (Å²) in [6, 6.07) is 3.03. The summed E-state index contributed by atoms with van der Waals surface area (Å²) in [6.45, 7) is 0.732. The molecule has 1 aromatic heterocycles. The zero-order valence-corrected chi connectivity index (χ0v) is 7.38. The van der Waals surface area contributed by atoms with E-state index in [1.165, 1.54) is 12.1 Å². The smallest absolute Gasteiger partial charge is 0.181 e. The van der Waals surface area contributed by atoms with E-state index in [9.17, 15) is 4.79 Å². The summed E-state index contributed by atoms with van der Waals surface area (Å²) < 4.78 is 1.88. The highest BCUT2D eigenvalue weighted by Crippen LogP contribution is 1.89. The number of rotatable bonds is 3. The number of nitrogens with two attached hydrogens (primary N) is 1. The van der Waals surface area contributed by atoms with Crippen molar-refractivity contribution in [2.75, 3.05) is 0 Å². The van der Waals surface area contributed by atoms with Gasteiger partial charge in [0, 0.05) is 37.5 Å². The molecule has 0 spiro atoms. The molecule has 0 saturated heterocycles. The van der Waals surface area contributed by atoms with Crippen LogP contribution in [0.5, 0.6) is 0 Å². The van der Waals surface area contributed by atoms with Gasteiger partial charge >= 0.3 is 0 Å². The van der Waals surface area contributed by atoms with Crippen molar-refractivity contribution in [3.05, 3.63) is 34.7 Å². The van der Waals surface area contributed by atoms with Crippen LogP contribution in [-0.2, 0) is 6.54 Å². The maximum Gasteiger partial charge on any atom is 0.181 e. The second-order valence-corrected chi connectivity index (χ2v) is 3.01. The molecule has 64 valence electrons. The predicted molar refractivity (Wildman–Crippen MR) is 52.1 cm³/mol. The van der Waals surface area contributed by atoms with E-state index in [1.54, 1.807) is 12.4 Å². The summed E-state index contributed by atoms with van der Waals surface area (Å²) in [6.07, 6.45) is 4.11. The highest BCUT2D eigenvalue weighted by Gasteiger charge is 1.90. The molecule has 4 heteroatoms. The summed E-state index contributed by atoms with van der Waals surface area (Å²) in [5.74, 6) is 0. The molecule has 1 heterocycles. The summed E-state index contributed by atoms with van der Waals surface area (Å²) >= 11 is 4.72. The standard InChI is InChI=1S/C8H10N2OS/c9-8(12)3-6-10-4-1-7(11)2-5-10/h1-2,4-5H,3,6H2,(H2,9,12). The molecule has 0 aromatic carbocycles. The minimum absolute atomic E-state index is 0.0153. The zero-order chi connectivity index (χ0) is 8.97. The molecular weight excluding hydrogens is 172 g/mol. The third-order valence-electron chi connectivity index (χ3n) is 1.48. The van der Waals surface area contributed by atoms with Crippen molar-refractivity contribution in [3.8, 4) is 0 Å². The van der Waals surface area contributed by atoms with Gasteiger partial charge in [0.1, 0.15) is 0 Å². The van der Waals surface area contributed by atoms with Crippen LogP contribution in [0.4, 0.5) is 0 Å². The van der Waals surface area contributed by atoms with Crippen LogP contribution in [0.3, 0.4) is 0 Å². The molecular formula is C8H10N2OS. The molecule has 0 amide bonds. The third-order valence-corrected chi connectivity index (χ3v) is 1.68. The van der Waals surface area contributed by atoms with E-state index in [4.69, 9.17) is 18.0 Å². The second-order valence-electron chi connectivity index (χ2n) is 2.49. The Morgan fingerprint density at radius 1 is 1.50 bits per heavy atom. The lowest BCUT2D eigenvalue weighted by atomic mass is 10.4. The largest absolute Gasteiger partial charge is 0.393 e. The van der Waals surface area contributed by atoms with E-state index in [-0.39, 0.29) is 5.43 Å². The summed E-state index contributed by atoms with van der Waals surface area (Å²) in [4.78, 5) is 11.2. The fourth-order valence-electron chi connectivity index (χ4n) is 0.832. The van der Waals surface area contributed by atoms with Crippen molar-refractivity contribution >= 4 is 17.2 Å². The summed E-state index contributed by atoms with van der Waals surface area (Å²) in [7, 11) is 0. The minimum atomic E-state index is 0.0153. The normalized spacial score (nSPS) is 9.67. The fourth-order valence-corrected chi connectivity index (χ4v) is 0.923. The molecule has 0 saturated carbocycles. The number of aromatic nitrogens is 1. The van der Waals surface area contributed by atoms with Crippen LogP contribution in [0.1, 0.15) is 6.42 Å². The van der Waals surface area contributed by atoms with Crippen LogP contribution in [-0.4, -0.2) is 9.56 Å². The fraction of sp³-hybridized carbons (Fsp3) is 0.250. The number of hydrogen-bond acceptors (Lipinski definition) is 2. The van der Waals surface area contributed by atoms with Gasteiger partial charge < -0.3 is 10.3 Å². The van der Waals surface area contributed by atoms with E-state index in [1.807, 2.05) is 4.57 Å². The van der Waals surface area contributed by atoms with Crippen LogP contribution in [0.15, 0.2) is 29.3 Å². The maximum atomic E-state index is 10.7. The Bertz CT molecular complexity index is 312. The van der Waals surface area contributed by atoms with E-state index in [0.717, 1.165) is 6.54 Å². The molecule has 0 aliphatic rings. The molecule has 3 nitrogen and oxygen atoms in total. The molecule has 0 bridgehead atoms. The van der Waals surface area contributed by atoms with Crippen LogP contribution in [0.25, 0.3) is 0 Å². The zero-order valence-electron chi connectivity index (χ0n) is 6.56. The van der Waals surface area contributed by atoms with Gasteiger partial charge in [-0.3, -0.25) is 4.79 Å². The predicted octanol–water partition coefficient (Wildman–Crippen LogP) is 0.525. The van der Waals surface area contributed by atoms with Gasteiger partial charge in [-0.15, -0.1) is 0 Å². The van der Waals surface area contributed by atoms with Crippen LogP contribution in [0.2, 0.25) is 0 Å². The Balaban J connectivity index is 2.59. The first-order chi connectivity index (χ1) is 5.68. The van der Waals surface area contributed by atoms with Crippen molar-refractivity contribution in [3.63, 3.8) is 0 Å². The quantitative estimate of drug-likeness (QED) is 0.693. The Labute approximate surface area is 75.8 Å². The highest BCUT2D eigenvalue weighted by atomic mass is 32.1. The SMILES string of the molecule is NC(=S)CCn1ccc(=O)cc1. The molecule has 0 radical (unpaired) electrons. The number of nitrogens with zero attached hydrogens (tertiary/aromatic N) is 1. The van der Waals surface area contributed by atoms with Crippen molar-refractivity contribution in [1.82, 2.24) is 4.57 Å². The third kappa shape index (κ3) is 2.84. The Morgan fingerprint density at radius 3 is 2.58 bits per heavy atom.